The minimum Gasteiger partial charge on any atom is -0.496 e. The molecule has 3 heteroatoms. The molecule has 1 fully saturated rings. The summed E-state index contributed by atoms with van der Waals surface area (Å²) in [6.45, 7) is 3.47. The summed E-state index contributed by atoms with van der Waals surface area (Å²) in [5.74, 6) is 1.59. The Kier molecular flexibility index (Phi) is 4.83. The first-order chi connectivity index (χ1) is 9.19. The number of hydrogen-bond donors (Lipinski definition) is 1. The molecule has 1 saturated carbocycles. The first-order valence-corrected chi connectivity index (χ1v) is 7.15. The summed E-state index contributed by atoms with van der Waals surface area (Å²) in [5, 5.41) is 0. The fraction of sp³-hybridized carbons (Fsp3) is 0.625. The Hall–Kier alpha value is -1.06. The van der Waals surface area contributed by atoms with Gasteiger partial charge in [-0.2, -0.15) is 0 Å². The van der Waals surface area contributed by atoms with Crippen LogP contribution >= 0.6 is 0 Å². The lowest BCUT2D eigenvalue weighted by molar-refractivity contribution is -0.0844. The first kappa shape index (κ1) is 14.4. The van der Waals surface area contributed by atoms with Gasteiger partial charge in [-0.05, 0) is 24.8 Å². The van der Waals surface area contributed by atoms with Gasteiger partial charge in [0.1, 0.15) is 5.75 Å². The summed E-state index contributed by atoms with van der Waals surface area (Å²) in [6, 6.07) is 8.01. The van der Waals surface area contributed by atoms with Crippen molar-refractivity contribution in [3.8, 4) is 5.75 Å². The molecule has 0 saturated heterocycles. The highest BCUT2D eigenvalue weighted by molar-refractivity contribution is 5.32. The Balaban J connectivity index is 2.03. The summed E-state index contributed by atoms with van der Waals surface area (Å²) in [4.78, 5) is 0. The summed E-state index contributed by atoms with van der Waals surface area (Å²) in [5.41, 5.74) is 6.93. The molecule has 3 nitrogen and oxygen atoms in total. The van der Waals surface area contributed by atoms with Gasteiger partial charge in [0.2, 0.25) is 0 Å². The van der Waals surface area contributed by atoms with Gasteiger partial charge in [-0.3, -0.25) is 0 Å². The van der Waals surface area contributed by atoms with Crippen molar-refractivity contribution in [3.05, 3.63) is 29.8 Å². The molecule has 1 aromatic rings. The molecule has 0 aliphatic heterocycles. The predicted molar refractivity (Wildman–Crippen MR) is 77.2 cm³/mol. The van der Waals surface area contributed by atoms with Gasteiger partial charge >= 0.3 is 0 Å². The molecule has 19 heavy (non-hydrogen) atoms. The normalized spacial score (nSPS) is 27.2. The van der Waals surface area contributed by atoms with Crippen molar-refractivity contribution < 1.29 is 9.47 Å². The van der Waals surface area contributed by atoms with Crippen LogP contribution in [0.1, 0.15) is 38.2 Å². The second-order valence-corrected chi connectivity index (χ2v) is 5.69. The van der Waals surface area contributed by atoms with E-state index in [9.17, 15) is 0 Å². The maximum atomic E-state index is 6.21. The Morgan fingerprint density at radius 2 is 2.16 bits per heavy atom. The van der Waals surface area contributed by atoms with Crippen LogP contribution in [0.15, 0.2) is 24.3 Å². The molecule has 1 aliphatic rings. The maximum Gasteiger partial charge on any atom is 0.124 e. The van der Waals surface area contributed by atoms with Crippen LogP contribution in [-0.2, 0) is 11.3 Å². The first-order valence-electron chi connectivity index (χ1n) is 7.15. The molecule has 0 bridgehead atoms. The molecule has 1 aromatic carbocycles. The van der Waals surface area contributed by atoms with Crippen LogP contribution in [0.3, 0.4) is 0 Å². The van der Waals surface area contributed by atoms with E-state index in [0.29, 0.717) is 19.1 Å². The number of para-hydroxylation sites is 1. The number of rotatable bonds is 5. The van der Waals surface area contributed by atoms with Crippen LogP contribution in [0.2, 0.25) is 0 Å². The van der Waals surface area contributed by atoms with Gasteiger partial charge in [-0.15, -0.1) is 0 Å². The molecular weight excluding hydrogens is 238 g/mol. The molecular formula is C16H25NO2. The van der Waals surface area contributed by atoms with E-state index in [-0.39, 0.29) is 5.60 Å². The lowest BCUT2D eigenvalue weighted by atomic mass is 9.79. The molecule has 2 atom stereocenters. The van der Waals surface area contributed by atoms with E-state index in [1.807, 2.05) is 18.2 Å². The maximum absolute atomic E-state index is 6.21. The fourth-order valence-electron chi connectivity index (χ4n) is 3.04. The summed E-state index contributed by atoms with van der Waals surface area (Å²) in [6.07, 6.45) is 4.64. The van der Waals surface area contributed by atoms with Gasteiger partial charge in [0.05, 0.1) is 19.3 Å². The number of methoxy groups -OCH3 is 1. The zero-order valence-corrected chi connectivity index (χ0v) is 12.0. The Labute approximate surface area is 116 Å². The predicted octanol–water partition coefficient (Wildman–Crippen LogP) is 3.12. The highest BCUT2D eigenvalue weighted by Gasteiger charge is 2.34. The van der Waals surface area contributed by atoms with Gasteiger partial charge in [-0.1, -0.05) is 38.0 Å². The minimum atomic E-state index is -0.140. The van der Waals surface area contributed by atoms with Crippen LogP contribution < -0.4 is 10.5 Å². The molecule has 0 amide bonds. The third kappa shape index (κ3) is 3.48. The average molecular weight is 263 g/mol. The summed E-state index contributed by atoms with van der Waals surface area (Å²) in [7, 11) is 1.69. The Morgan fingerprint density at radius 3 is 2.84 bits per heavy atom. The van der Waals surface area contributed by atoms with Crippen molar-refractivity contribution in [3.63, 3.8) is 0 Å². The second-order valence-electron chi connectivity index (χ2n) is 5.69. The quantitative estimate of drug-likeness (QED) is 0.887. The molecule has 0 heterocycles. The molecule has 106 valence electrons. The monoisotopic (exact) mass is 263 g/mol. The van der Waals surface area contributed by atoms with Crippen molar-refractivity contribution in [1.82, 2.24) is 0 Å². The number of benzene rings is 1. The van der Waals surface area contributed by atoms with Crippen LogP contribution in [0.25, 0.3) is 0 Å². The van der Waals surface area contributed by atoms with Crippen LogP contribution in [0, 0.1) is 5.92 Å². The number of nitrogens with two attached hydrogens (primary N) is 1. The summed E-state index contributed by atoms with van der Waals surface area (Å²) < 4.78 is 11.6. The van der Waals surface area contributed by atoms with E-state index in [0.717, 1.165) is 24.2 Å². The van der Waals surface area contributed by atoms with E-state index in [1.165, 1.54) is 12.8 Å². The van der Waals surface area contributed by atoms with E-state index < -0.39 is 0 Å². The van der Waals surface area contributed by atoms with Crippen LogP contribution in [0.5, 0.6) is 5.75 Å². The van der Waals surface area contributed by atoms with Crippen LogP contribution in [-0.4, -0.2) is 19.3 Å². The van der Waals surface area contributed by atoms with Gasteiger partial charge in [0, 0.05) is 12.1 Å². The highest BCUT2D eigenvalue weighted by Crippen LogP contribution is 2.35. The average Bonchev–Trinajstić information content (AvgIpc) is 2.45. The van der Waals surface area contributed by atoms with Crippen LogP contribution in [0.4, 0.5) is 0 Å². The zero-order valence-electron chi connectivity index (χ0n) is 12.0. The second kappa shape index (κ2) is 6.40. The minimum absolute atomic E-state index is 0.140. The lowest BCUT2D eigenvalue weighted by Gasteiger charge is -2.39. The molecule has 0 aromatic heterocycles. The Bertz CT molecular complexity index is 407. The SMILES string of the molecule is COc1ccccc1COC1(CN)CCCC(C)C1. The van der Waals surface area contributed by atoms with E-state index in [1.54, 1.807) is 7.11 Å². The molecule has 2 unspecified atom stereocenters. The van der Waals surface area contributed by atoms with E-state index in [2.05, 4.69) is 13.0 Å². The van der Waals surface area contributed by atoms with Gasteiger partial charge < -0.3 is 15.2 Å². The summed E-state index contributed by atoms with van der Waals surface area (Å²) >= 11 is 0. The standard InChI is InChI=1S/C16H25NO2/c1-13-6-5-9-16(10-13,12-17)19-11-14-7-3-4-8-15(14)18-2/h3-4,7-8,13H,5-6,9-12,17H2,1-2H3. The fourth-order valence-corrected chi connectivity index (χ4v) is 3.04. The molecule has 0 spiro atoms. The molecule has 0 radical (unpaired) electrons. The number of ether oxygens (including phenoxy) is 2. The third-order valence-electron chi connectivity index (χ3n) is 4.15. The van der Waals surface area contributed by atoms with Crippen molar-refractivity contribution >= 4 is 0 Å². The number of hydrogen-bond acceptors (Lipinski definition) is 3. The van der Waals surface area contributed by atoms with Gasteiger partial charge in [-0.25, -0.2) is 0 Å². The van der Waals surface area contributed by atoms with Crippen molar-refractivity contribution in [2.24, 2.45) is 11.7 Å². The van der Waals surface area contributed by atoms with Gasteiger partial charge in [0.25, 0.3) is 0 Å². The largest absolute Gasteiger partial charge is 0.496 e. The molecule has 2 rings (SSSR count). The highest BCUT2D eigenvalue weighted by atomic mass is 16.5. The topological polar surface area (TPSA) is 44.5 Å². The van der Waals surface area contributed by atoms with E-state index >= 15 is 0 Å². The van der Waals surface area contributed by atoms with Crippen molar-refractivity contribution in [2.75, 3.05) is 13.7 Å². The zero-order chi connectivity index (χ0) is 13.7. The van der Waals surface area contributed by atoms with Crippen molar-refractivity contribution in [1.29, 1.82) is 0 Å². The molecule has 1 aliphatic carbocycles. The van der Waals surface area contributed by atoms with Gasteiger partial charge in [0.15, 0.2) is 0 Å². The Morgan fingerprint density at radius 1 is 1.37 bits per heavy atom. The van der Waals surface area contributed by atoms with E-state index in [4.69, 9.17) is 15.2 Å². The molecule has 2 N–H and O–H groups in total. The lowest BCUT2D eigenvalue weighted by Crippen LogP contribution is -2.44. The third-order valence-corrected chi connectivity index (χ3v) is 4.15. The van der Waals surface area contributed by atoms with Crippen molar-refractivity contribution in [2.45, 2.75) is 44.8 Å². The smallest absolute Gasteiger partial charge is 0.124 e.